The highest BCUT2D eigenvalue weighted by molar-refractivity contribution is 6.01. The molecule has 0 saturated heterocycles. The molecule has 0 unspecified atom stereocenters. The predicted molar refractivity (Wildman–Crippen MR) is 72.1 cm³/mol. The summed E-state index contributed by atoms with van der Waals surface area (Å²) in [5, 5.41) is 11.7. The summed E-state index contributed by atoms with van der Waals surface area (Å²) in [6.07, 6.45) is 3.61. The van der Waals surface area contributed by atoms with E-state index in [0.29, 0.717) is 18.0 Å². The van der Waals surface area contributed by atoms with E-state index in [-0.39, 0.29) is 16.9 Å². The van der Waals surface area contributed by atoms with Gasteiger partial charge in [-0.2, -0.15) is 5.26 Å². The van der Waals surface area contributed by atoms with E-state index in [9.17, 15) is 4.79 Å². The molecule has 1 aromatic heterocycles. The van der Waals surface area contributed by atoms with Crippen molar-refractivity contribution in [3.05, 3.63) is 23.4 Å². The summed E-state index contributed by atoms with van der Waals surface area (Å²) in [6, 6.07) is 1.90. The lowest BCUT2D eigenvalue weighted by Crippen LogP contribution is -2.25. The standard InChI is InChI=1S/C14H19N3O2/c1-5-6-16-13(18)10(8-15)7-11-12(14(2,3)4)19-9-17-11/h7,9H,5-6H2,1-4H3,(H,16,18)/b10-7+. The highest BCUT2D eigenvalue weighted by atomic mass is 16.3. The quantitative estimate of drug-likeness (QED) is 0.666. The summed E-state index contributed by atoms with van der Waals surface area (Å²) >= 11 is 0. The first-order valence-electron chi connectivity index (χ1n) is 6.24. The number of carbonyl (C=O) groups excluding carboxylic acids is 1. The first-order chi connectivity index (χ1) is 8.90. The summed E-state index contributed by atoms with van der Waals surface area (Å²) in [5.74, 6) is 0.274. The second-order valence-electron chi connectivity index (χ2n) is 5.24. The van der Waals surface area contributed by atoms with Crippen molar-refractivity contribution in [2.45, 2.75) is 39.5 Å². The molecule has 0 saturated carbocycles. The van der Waals surface area contributed by atoms with Gasteiger partial charge in [0.1, 0.15) is 23.1 Å². The van der Waals surface area contributed by atoms with E-state index in [1.807, 2.05) is 33.8 Å². The minimum Gasteiger partial charge on any atom is -0.447 e. The molecule has 0 aliphatic heterocycles. The number of hydrogen-bond acceptors (Lipinski definition) is 4. The van der Waals surface area contributed by atoms with Gasteiger partial charge in [0.25, 0.3) is 5.91 Å². The Balaban J connectivity index is 3.03. The van der Waals surface area contributed by atoms with Gasteiger partial charge in [0, 0.05) is 12.0 Å². The number of nitrogens with one attached hydrogen (secondary N) is 1. The molecule has 5 heteroatoms. The molecule has 19 heavy (non-hydrogen) atoms. The summed E-state index contributed by atoms with van der Waals surface area (Å²) in [5.41, 5.74) is 0.326. The number of aromatic nitrogens is 1. The van der Waals surface area contributed by atoms with Gasteiger partial charge in [0.05, 0.1) is 0 Å². The van der Waals surface area contributed by atoms with Gasteiger partial charge in [-0.1, -0.05) is 27.7 Å². The zero-order valence-corrected chi connectivity index (χ0v) is 11.8. The van der Waals surface area contributed by atoms with Crippen LogP contribution in [0.15, 0.2) is 16.4 Å². The molecule has 0 aliphatic rings. The molecule has 0 bridgehead atoms. The van der Waals surface area contributed by atoms with Crippen molar-refractivity contribution in [1.82, 2.24) is 10.3 Å². The molecule has 1 N–H and O–H groups in total. The van der Waals surface area contributed by atoms with Gasteiger partial charge in [0.2, 0.25) is 0 Å². The highest BCUT2D eigenvalue weighted by Gasteiger charge is 2.23. The molecule has 1 heterocycles. The SMILES string of the molecule is CCCNC(=O)/C(C#N)=C/c1ncoc1C(C)(C)C. The number of rotatable bonds is 4. The van der Waals surface area contributed by atoms with Gasteiger partial charge in [-0.3, -0.25) is 4.79 Å². The lowest BCUT2D eigenvalue weighted by atomic mass is 9.91. The van der Waals surface area contributed by atoms with Crippen molar-refractivity contribution in [1.29, 1.82) is 5.26 Å². The van der Waals surface area contributed by atoms with Crippen LogP contribution < -0.4 is 5.32 Å². The molecular weight excluding hydrogens is 242 g/mol. The van der Waals surface area contributed by atoms with Gasteiger partial charge < -0.3 is 9.73 Å². The molecule has 0 radical (unpaired) electrons. The summed E-state index contributed by atoms with van der Waals surface area (Å²) < 4.78 is 5.34. The normalized spacial score (nSPS) is 12.1. The smallest absolute Gasteiger partial charge is 0.262 e. The Bertz CT molecular complexity index is 516. The Morgan fingerprint density at radius 3 is 2.79 bits per heavy atom. The van der Waals surface area contributed by atoms with Crippen LogP contribution in [0.1, 0.15) is 45.6 Å². The van der Waals surface area contributed by atoms with E-state index in [0.717, 1.165) is 6.42 Å². The van der Waals surface area contributed by atoms with Gasteiger partial charge in [-0.25, -0.2) is 4.98 Å². The Morgan fingerprint density at radius 1 is 1.58 bits per heavy atom. The Kier molecular flexibility index (Phi) is 4.87. The fraction of sp³-hybridized carbons (Fsp3) is 0.500. The number of oxazole rings is 1. The third kappa shape index (κ3) is 3.95. The molecule has 1 amide bonds. The molecule has 102 valence electrons. The number of amides is 1. The lowest BCUT2D eigenvalue weighted by Gasteiger charge is -2.15. The number of nitriles is 1. The van der Waals surface area contributed by atoms with Crippen molar-refractivity contribution in [2.75, 3.05) is 6.54 Å². The monoisotopic (exact) mass is 261 g/mol. The average molecular weight is 261 g/mol. The Labute approximate surface area is 113 Å². The van der Waals surface area contributed by atoms with Crippen LogP contribution in [-0.4, -0.2) is 17.4 Å². The minimum atomic E-state index is -0.382. The van der Waals surface area contributed by atoms with Crippen molar-refractivity contribution in [3.8, 4) is 6.07 Å². The van der Waals surface area contributed by atoms with Crippen LogP contribution in [0.25, 0.3) is 6.08 Å². The van der Waals surface area contributed by atoms with Crippen molar-refractivity contribution in [3.63, 3.8) is 0 Å². The maximum Gasteiger partial charge on any atom is 0.262 e. The Hall–Kier alpha value is -2.09. The van der Waals surface area contributed by atoms with E-state index in [2.05, 4.69) is 10.3 Å². The fourth-order valence-corrected chi connectivity index (χ4v) is 1.54. The lowest BCUT2D eigenvalue weighted by molar-refractivity contribution is -0.117. The molecule has 0 spiro atoms. The first kappa shape index (κ1) is 15.0. The van der Waals surface area contributed by atoms with E-state index in [1.165, 1.54) is 12.5 Å². The minimum absolute atomic E-state index is 0.0350. The third-order valence-corrected chi connectivity index (χ3v) is 2.46. The van der Waals surface area contributed by atoms with Crippen LogP contribution in [-0.2, 0) is 10.2 Å². The first-order valence-corrected chi connectivity index (χ1v) is 6.24. The van der Waals surface area contributed by atoms with Crippen LogP contribution in [0.2, 0.25) is 0 Å². The summed E-state index contributed by atoms with van der Waals surface area (Å²) in [7, 11) is 0. The molecule has 0 atom stereocenters. The topological polar surface area (TPSA) is 78.9 Å². The molecule has 1 rings (SSSR count). The maximum absolute atomic E-state index is 11.8. The van der Waals surface area contributed by atoms with Crippen LogP contribution in [0, 0.1) is 11.3 Å². The zero-order valence-electron chi connectivity index (χ0n) is 11.8. The number of hydrogen-bond donors (Lipinski definition) is 1. The van der Waals surface area contributed by atoms with E-state index >= 15 is 0 Å². The fourth-order valence-electron chi connectivity index (χ4n) is 1.54. The van der Waals surface area contributed by atoms with Crippen molar-refractivity contribution < 1.29 is 9.21 Å². The number of nitrogens with zero attached hydrogens (tertiary/aromatic N) is 2. The van der Waals surface area contributed by atoms with Gasteiger partial charge >= 0.3 is 0 Å². The predicted octanol–water partition coefficient (Wildman–Crippen LogP) is 2.41. The molecule has 0 aromatic carbocycles. The van der Waals surface area contributed by atoms with Gasteiger partial charge in [-0.05, 0) is 12.5 Å². The van der Waals surface area contributed by atoms with E-state index in [4.69, 9.17) is 9.68 Å². The maximum atomic E-state index is 11.8. The summed E-state index contributed by atoms with van der Waals surface area (Å²) in [4.78, 5) is 15.8. The van der Waals surface area contributed by atoms with Crippen LogP contribution in [0.5, 0.6) is 0 Å². The van der Waals surface area contributed by atoms with Crippen LogP contribution in [0.4, 0.5) is 0 Å². The Morgan fingerprint density at radius 2 is 2.26 bits per heavy atom. The van der Waals surface area contributed by atoms with E-state index < -0.39 is 0 Å². The van der Waals surface area contributed by atoms with Crippen molar-refractivity contribution in [2.24, 2.45) is 0 Å². The highest BCUT2D eigenvalue weighted by Crippen LogP contribution is 2.26. The molecule has 5 nitrogen and oxygen atoms in total. The van der Waals surface area contributed by atoms with Gasteiger partial charge in [-0.15, -0.1) is 0 Å². The molecule has 1 aromatic rings. The molecule has 0 aliphatic carbocycles. The largest absolute Gasteiger partial charge is 0.447 e. The van der Waals surface area contributed by atoms with Crippen molar-refractivity contribution >= 4 is 12.0 Å². The van der Waals surface area contributed by atoms with E-state index in [1.54, 1.807) is 0 Å². The second kappa shape index (κ2) is 6.19. The van der Waals surface area contributed by atoms with Gasteiger partial charge in [0.15, 0.2) is 6.39 Å². The average Bonchev–Trinajstić information content (AvgIpc) is 2.80. The third-order valence-electron chi connectivity index (χ3n) is 2.46. The summed E-state index contributed by atoms with van der Waals surface area (Å²) in [6.45, 7) is 8.43. The second-order valence-corrected chi connectivity index (χ2v) is 5.24. The molecular formula is C14H19N3O2. The molecule has 0 fully saturated rings. The van der Waals surface area contributed by atoms with Crippen LogP contribution >= 0.6 is 0 Å². The zero-order chi connectivity index (χ0) is 14.5. The number of carbonyl (C=O) groups is 1. The van der Waals surface area contributed by atoms with Crippen LogP contribution in [0.3, 0.4) is 0 Å².